The van der Waals surface area contributed by atoms with E-state index in [2.05, 4.69) is 30.9 Å². The summed E-state index contributed by atoms with van der Waals surface area (Å²) in [4.78, 5) is 37.8. The summed E-state index contributed by atoms with van der Waals surface area (Å²) < 4.78 is 37.6. The standard InChI is InChI=1S/C26H28N8O8S/c1-3-27-24(37)21-19(35)20(36)25(42-21)33-13-30-18-22(28-12-29-23(18)33)32-26(38)31-16-6-4-5-7-17(16)34(43(39)40)14-8-10-15(41-2)11-9-14/h4-13,19-21,25,35-36H,3H2,1-2H3,(H,27,37)(H,39,40)(H2,28,29,31,32,38)/p-1/t19-,20+,21-,25+/m0/s1. The van der Waals surface area contributed by atoms with E-state index in [1.54, 1.807) is 43.3 Å². The van der Waals surface area contributed by atoms with Crippen molar-refractivity contribution in [3.63, 3.8) is 0 Å². The van der Waals surface area contributed by atoms with Crippen LogP contribution < -0.4 is 25.0 Å². The zero-order chi connectivity index (χ0) is 30.7. The van der Waals surface area contributed by atoms with Crippen LogP contribution in [0.4, 0.5) is 27.7 Å². The van der Waals surface area contributed by atoms with Crippen LogP contribution in [-0.4, -0.2) is 82.4 Å². The van der Waals surface area contributed by atoms with Crippen molar-refractivity contribution in [3.05, 3.63) is 61.2 Å². The monoisotopic (exact) mass is 611 g/mol. The average Bonchev–Trinajstić information content (AvgIpc) is 3.55. The second-order valence-corrected chi connectivity index (χ2v) is 9.97. The highest BCUT2D eigenvalue weighted by Gasteiger charge is 2.47. The number of amides is 3. The number of carbonyl (C=O) groups is 2. The number of carbonyl (C=O) groups excluding carboxylic acids is 2. The fourth-order valence-corrected chi connectivity index (χ4v) is 5.16. The van der Waals surface area contributed by atoms with Gasteiger partial charge in [0.25, 0.3) is 5.91 Å². The molecule has 5 atom stereocenters. The second kappa shape index (κ2) is 12.7. The maximum atomic E-state index is 13.1. The van der Waals surface area contributed by atoms with Gasteiger partial charge in [-0.1, -0.05) is 12.1 Å². The summed E-state index contributed by atoms with van der Waals surface area (Å²) in [5, 5.41) is 28.7. The van der Waals surface area contributed by atoms with Crippen LogP contribution in [0.5, 0.6) is 5.75 Å². The third kappa shape index (κ3) is 5.97. The van der Waals surface area contributed by atoms with Gasteiger partial charge in [-0.3, -0.25) is 23.2 Å². The quantitative estimate of drug-likeness (QED) is 0.169. The van der Waals surface area contributed by atoms with Gasteiger partial charge in [0.2, 0.25) is 0 Å². The van der Waals surface area contributed by atoms with E-state index in [0.717, 1.165) is 10.6 Å². The summed E-state index contributed by atoms with van der Waals surface area (Å²) in [5.74, 6) is -0.0514. The summed E-state index contributed by atoms with van der Waals surface area (Å²) in [6.07, 6.45) is -3.07. The molecule has 2 aromatic heterocycles. The maximum absolute atomic E-state index is 13.1. The number of aliphatic hydroxyl groups excluding tert-OH is 2. The Labute approximate surface area is 247 Å². The zero-order valence-corrected chi connectivity index (χ0v) is 23.6. The average molecular weight is 612 g/mol. The lowest BCUT2D eigenvalue weighted by Gasteiger charge is -2.28. The third-order valence-corrected chi connectivity index (χ3v) is 7.25. The van der Waals surface area contributed by atoms with Crippen molar-refractivity contribution < 1.29 is 38.0 Å². The van der Waals surface area contributed by atoms with E-state index >= 15 is 0 Å². The van der Waals surface area contributed by atoms with Crippen LogP contribution in [0.1, 0.15) is 13.2 Å². The van der Waals surface area contributed by atoms with Gasteiger partial charge in [-0.15, -0.1) is 0 Å². The molecule has 1 saturated heterocycles. The SMILES string of the molecule is CCNC(=O)[C@H]1O[C@@H](n2cnc3c(NC(=O)Nc4ccccc4N(c4ccc(OC)cc4)S(=O)[O-])ncnc32)[C@H](O)[C@@H]1O. The zero-order valence-electron chi connectivity index (χ0n) is 22.8. The Morgan fingerprint density at radius 1 is 1.09 bits per heavy atom. The number of likely N-dealkylation sites (N-methyl/N-ethyl adjacent to an activating group) is 1. The maximum Gasteiger partial charge on any atom is 0.324 e. The molecule has 1 aliphatic rings. The van der Waals surface area contributed by atoms with Crippen molar-refractivity contribution in [1.82, 2.24) is 24.8 Å². The highest BCUT2D eigenvalue weighted by atomic mass is 32.2. The second-order valence-electron chi connectivity index (χ2n) is 9.18. The number of nitrogens with zero attached hydrogens (tertiary/aromatic N) is 5. The largest absolute Gasteiger partial charge is 0.755 e. The Morgan fingerprint density at radius 2 is 1.84 bits per heavy atom. The first kappa shape index (κ1) is 29.8. The van der Waals surface area contributed by atoms with E-state index in [9.17, 15) is 28.6 Å². The van der Waals surface area contributed by atoms with E-state index in [1.807, 2.05) is 0 Å². The number of aliphatic hydroxyl groups is 2. The third-order valence-electron chi connectivity index (χ3n) is 6.54. The van der Waals surface area contributed by atoms with E-state index < -0.39 is 47.7 Å². The van der Waals surface area contributed by atoms with Gasteiger partial charge < -0.3 is 34.9 Å². The van der Waals surface area contributed by atoms with Gasteiger partial charge in [-0.05, 0) is 43.3 Å². The van der Waals surface area contributed by atoms with E-state index in [4.69, 9.17) is 9.47 Å². The van der Waals surface area contributed by atoms with E-state index in [0.29, 0.717) is 18.0 Å². The first-order chi connectivity index (χ1) is 20.7. The molecule has 4 aromatic rings. The van der Waals surface area contributed by atoms with Gasteiger partial charge in [-0.2, -0.15) is 0 Å². The number of urea groups is 1. The molecule has 5 rings (SSSR count). The summed E-state index contributed by atoms with van der Waals surface area (Å²) in [6, 6.07) is 11.9. The van der Waals surface area contributed by atoms with Gasteiger partial charge in [0.05, 0.1) is 41.8 Å². The normalized spacial score (nSPS) is 20.4. The fraction of sp³-hybridized carbons (Fsp3) is 0.269. The highest BCUT2D eigenvalue weighted by Crippen LogP contribution is 2.35. The van der Waals surface area contributed by atoms with E-state index in [1.165, 1.54) is 30.1 Å². The molecule has 1 unspecified atom stereocenters. The number of aromatic nitrogens is 4. The van der Waals surface area contributed by atoms with Crippen LogP contribution in [0.3, 0.4) is 0 Å². The van der Waals surface area contributed by atoms with Crippen LogP contribution in [0.15, 0.2) is 61.2 Å². The number of nitrogens with one attached hydrogen (secondary N) is 3. The number of ether oxygens (including phenoxy) is 2. The van der Waals surface area contributed by atoms with Crippen LogP contribution in [0.25, 0.3) is 11.2 Å². The van der Waals surface area contributed by atoms with Crippen LogP contribution in [-0.2, 0) is 20.8 Å². The number of rotatable bonds is 9. The van der Waals surface area contributed by atoms with Gasteiger partial charge in [0.15, 0.2) is 29.3 Å². The number of hydrogen-bond donors (Lipinski definition) is 5. The smallest absolute Gasteiger partial charge is 0.324 e. The molecule has 0 spiro atoms. The molecule has 0 radical (unpaired) electrons. The summed E-state index contributed by atoms with van der Waals surface area (Å²) in [6.45, 7) is 2.02. The van der Waals surface area contributed by atoms with Crippen LogP contribution in [0, 0.1) is 0 Å². The number of imidazole rings is 1. The molecule has 43 heavy (non-hydrogen) atoms. The minimum Gasteiger partial charge on any atom is -0.755 e. The van der Waals surface area contributed by atoms with Crippen molar-refractivity contribution in [2.45, 2.75) is 31.5 Å². The Hall–Kier alpha value is -4.68. The molecular weight excluding hydrogens is 584 g/mol. The Kier molecular flexibility index (Phi) is 8.78. The number of methoxy groups -OCH3 is 1. The van der Waals surface area contributed by atoms with Crippen molar-refractivity contribution in [1.29, 1.82) is 0 Å². The van der Waals surface area contributed by atoms with Crippen molar-refractivity contribution >= 4 is 57.2 Å². The summed E-state index contributed by atoms with van der Waals surface area (Å²) in [7, 11) is 1.49. The highest BCUT2D eigenvalue weighted by molar-refractivity contribution is 7.81. The summed E-state index contributed by atoms with van der Waals surface area (Å²) in [5.41, 5.74) is 0.913. The molecule has 3 amide bonds. The molecular formula is C26H27N8O8S-. The molecule has 3 heterocycles. The number of benzene rings is 2. The van der Waals surface area contributed by atoms with Gasteiger partial charge in [-0.25, -0.2) is 19.7 Å². The lowest BCUT2D eigenvalue weighted by Crippen LogP contribution is -2.42. The minimum absolute atomic E-state index is 0.00791. The predicted molar refractivity (Wildman–Crippen MR) is 153 cm³/mol. The summed E-state index contributed by atoms with van der Waals surface area (Å²) >= 11 is -2.74. The molecule has 17 heteroatoms. The van der Waals surface area contributed by atoms with Crippen LogP contribution >= 0.6 is 0 Å². The van der Waals surface area contributed by atoms with Crippen molar-refractivity contribution in [3.8, 4) is 5.75 Å². The molecule has 5 N–H and O–H groups in total. The first-order valence-electron chi connectivity index (χ1n) is 12.9. The first-order valence-corrected chi connectivity index (χ1v) is 13.9. The topological polar surface area (TPSA) is 216 Å². The molecule has 2 aromatic carbocycles. The van der Waals surface area contributed by atoms with Crippen molar-refractivity contribution in [2.24, 2.45) is 0 Å². The molecule has 0 saturated carbocycles. The van der Waals surface area contributed by atoms with Gasteiger partial charge in [0, 0.05) is 6.54 Å². The van der Waals surface area contributed by atoms with Crippen molar-refractivity contribution in [2.75, 3.05) is 28.6 Å². The Balaban J connectivity index is 1.37. The van der Waals surface area contributed by atoms with Gasteiger partial charge >= 0.3 is 6.03 Å². The molecule has 16 nitrogen and oxygen atoms in total. The molecule has 0 bridgehead atoms. The lowest BCUT2D eigenvalue weighted by molar-refractivity contribution is -0.137. The minimum atomic E-state index is -2.74. The number of anilines is 4. The Morgan fingerprint density at radius 3 is 2.53 bits per heavy atom. The Bertz CT molecular complexity index is 1650. The fourth-order valence-electron chi connectivity index (χ4n) is 4.55. The van der Waals surface area contributed by atoms with E-state index in [-0.39, 0.29) is 28.4 Å². The molecule has 226 valence electrons. The molecule has 1 fully saturated rings. The van der Waals surface area contributed by atoms with Crippen LogP contribution in [0.2, 0.25) is 0 Å². The molecule has 0 aliphatic carbocycles. The number of para-hydroxylation sites is 2. The molecule has 1 aliphatic heterocycles. The predicted octanol–water partition coefficient (Wildman–Crippen LogP) is 1.17. The number of fused-ring (bicyclic) bond motifs is 1. The lowest BCUT2D eigenvalue weighted by atomic mass is 10.1. The number of hydrogen-bond acceptors (Lipinski definition) is 11. The van der Waals surface area contributed by atoms with Gasteiger partial charge in [0.1, 0.15) is 24.3 Å².